The Morgan fingerprint density at radius 3 is 2.53 bits per heavy atom. The molecule has 0 saturated heterocycles. The third kappa shape index (κ3) is 6.89. The van der Waals surface area contributed by atoms with Gasteiger partial charge in [-0.2, -0.15) is 0 Å². The van der Waals surface area contributed by atoms with Crippen molar-refractivity contribution in [3.63, 3.8) is 0 Å². The van der Waals surface area contributed by atoms with Gasteiger partial charge < -0.3 is 16.0 Å². The van der Waals surface area contributed by atoms with E-state index in [4.69, 9.17) is 5.73 Å². The molecule has 112 valence electrons. The average molecular weight is 270 g/mol. The SMILES string of the molecule is CCN(CCCN(C)C)C(CN)CC(=O)NC1CC1. The molecule has 0 aromatic rings. The highest BCUT2D eigenvalue weighted by molar-refractivity contribution is 5.77. The van der Waals surface area contributed by atoms with E-state index in [0.29, 0.717) is 19.0 Å². The predicted octanol–water partition coefficient (Wildman–Crippen LogP) is 0.256. The van der Waals surface area contributed by atoms with Gasteiger partial charge >= 0.3 is 0 Å². The summed E-state index contributed by atoms with van der Waals surface area (Å²) >= 11 is 0. The maximum atomic E-state index is 11.9. The smallest absolute Gasteiger partial charge is 0.221 e. The molecular formula is C14H30N4O. The Kier molecular flexibility index (Phi) is 7.34. The van der Waals surface area contributed by atoms with Gasteiger partial charge in [0.2, 0.25) is 5.91 Å². The highest BCUT2D eigenvalue weighted by Gasteiger charge is 2.25. The summed E-state index contributed by atoms with van der Waals surface area (Å²) in [6.07, 6.45) is 3.92. The van der Waals surface area contributed by atoms with Gasteiger partial charge in [0.15, 0.2) is 0 Å². The van der Waals surface area contributed by atoms with E-state index < -0.39 is 0 Å². The first-order valence-corrected chi connectivity index (χ1v) is 7.45. The lowest BCUT2D eigenvalue weighted by atomic mass is 10.1. The maximum Gasteiger partial charge on any atom is 0.221 e. The van der Waals surface area contributed by atoms with Crippen molar-refractivity contribution in [1.82, 2.24) is 15.1 Å². The van der Waals surface area contributed by atoms with Gasteiger partial charge in [-0.3, -0.25) is 9.69 Å². The lowest BCUT2D eigenvalue weighted by Gasteiger charge is -2.29. The number of carbonyl (C=O) groups is 1. The second kappa shape index (κ2) is 8.51. The number of likely N-dealkylation sites (N-methyl/N-ethyl adjacent to an activating group) is 1. The third-order valence-electron chi connectivity index (χ3n) is 3.61. The number of amides is 1. The van der Waals surface area contributed by atoms with Gasteiger partial charge in [-0.1, -0.05) is 6.92 Å². The van der Waals surface area contributed by atoms with Crippen LogP contribution in [0.15, 0.2) is 0 Å². The molecule has 5 heteroatoms. The molecule has 1 fully saturated rings. The van der Waals surface area contributed by atoms with Crippen molar-refractivity contribution in [1.29, 1.82) is 0 Å². The molecule has 1 unspecified atom stereocenters. The Bertz CT molecular complexity index is 266. The number of hydrogen-bond donors (Lipinski definition) is 2. The van der Waals surface area contributed by atoms with E-state index in [2.05, 4.69) is 36.1 Å². The molecule has 1 atom stereocenters. The van der Waals surface area contributed by atoms with Crippen LogP contribution in [0.5, 0.6) is 0 Å². The molecular weight excluding hydrogens is 240 g/mol. The van der Waals surface area contributed by atoms with Crippen LogP contribution in [0.25, 0.3) is 0 Å². The quantitative estimate of drug-likeness (QED) is 0.598. The summed E-state index contributed by atoms with van der Waals surface area (Å²) in [4.78, 5) is 16.4. The zero-order valence-electron chi connectivity index (χ0n) is 12.7. The van der Waals surface area contributed by atoms with Crippen LogP contribution < -0.4 is 11.1 Å². The molecule has 3 N–H and O–H groups in total. The summed E-state index contributed by atoms with van der Waals surface area (Å²) in [7, 11) is 4.17. The van der Waals surface area contributed by atoms with E-state index in [1.54, 1.807) is 0 Å². The largest absolute Gasteiger partial charge is 0.353 e. The van der Waals surface area contributed by atoms with Crippen LogP contribution in [0.3, 0.4) is 0 Å². The fourth-order valence-corrected chi connectivity index (χ4v) is 2.28. The van der Waals surface area contributed by atoms with Crippen LogP contribution in [0, 0.1) is 0 Å². The number of hydrogen-bond acceptors (Lipinski definition) is 4. The fraction of sp³-hybridized carbons (Fsp3) is 0.929. The summed E-state index contributed by atoms with van der Waals surface area (Å²) in [5, 5.41) is 3.04. The number of nitrogens with two attached hydrogens (primary N) is 1. The van der Waals surface area contributed by atoms with E-state index in [1.165, 1.54) is 0 Å². The monoisotopic (exact) mass is 270 g/mol. The first-order chi connectivity index (χ1) is 9.06. The molecule has 0 heterocycles. The second-order valence-electron chi connectivity index (χ2n) is 5.72. The predicted molar refractivity (Wildman–Crippen MR) is 79.0 cm³/mol. The van der Waals surface area contributed by atoms with Crippen molar-refractivity contribution >= 4 is 5.91 Å². The first-order valence-electron chi connectivity index (χ1n) is 7.45. The van der Waals surface area contributed by atoms with Crippen molar-refractivity contribution < 1.29 is 4.79 Å². The zero-order chi connectivity index (χ0) is 14.3. The molecule has 1 saturated carbocycles. The van der Waals surface area contributed by atoms with Crippen molar-refractivity contribution in [2.75, 3.05) is 40.3 Å². The molecule has 1 aliphatic rings. The van der Waals surface area contributed by atoms with Crippen LogP contribution in [0.1, 0.15) is 32.6 Å². The minimum atomic E-state index is 0.156. The Balaban J connectivity index is 2.32. The van der Waals surface area contributed by atoms with Gasteiger partial charge in [-0.05, 0) is 53.0 Å². The Labute approximate surface area is 117 Å². The molecule has 1 amide bonds. The van der Waals surface area contributed by atoms with Crippen molar-refractivity contribution in [2.45, 2.75) is 44.7 Å². The minimum Gasteiger partial charge on any atom is -0.353 e. The molecule has 19 heavy (non-hydrogen) atoms. The number of rotatable bonds is 10. The normalized spacial score (nSPS) is 16.9. The third-order valence-corrected chi connectivity index (χ3v) is 3.61. The molecule has 0 aromatic carbocycles. The van der Waals surface area contributed by atoms with Crippen LogP contribution >= 0.6 is 0 Å². The lowest BCUT2D eigenvalue weighted by molar-refractivity contribution is -0.122. The standard InChI is InChI=1S/C14H30N4O/c1-4-18(9-5-8-17(2)3)13(11-15)10-14(19)16-12-6-7-12/h12-13H,4-11,15H2,1-3H3,(H,16,19). The number of nitrogens with zero attached hydrogens (tertiary/aromatic N) is 2. The molecule has 5 nitrogen and oxygen atoms in total. The number of nitrogens with one attached hydrogen (secondary N) is 1. The Morgan fingerprint density at radius 2 is 2.05 bits per heavy atom. The Hall–Kier alpha value is -0.650. The summed E-state index contributed by atoms with van der Waals surface area (Å²) in [6.45, 7) is 5.71. The van der Waals surface area contributed by atoms with E-state index in [1.807, 2.05) is 0 Å². The first kappa shape index (κ1) is 16.4. The molecule has 1 aliphatic carbocycles. The van der Waals surface area contributed by atoms with Gasteiger partial charge in [-0.15, -0.1) is 0 Å². The molecule has 0 aromatic heterocycles. The van der Waals surface area contributed by atoms with E-state index in [-0.39, 0.29) is 11.9 Å². The summed E-state index contributed by atoms with van der Waals surface area (Å²) in [5.74, 6) is 0.156. The molecule has 0 spiro atoms. The van der Waals surface area contributed by atoms with Gasteiger partial charge in [0.1, 0.15) is 0 Å². The maximum absolute atomic E-state index is 11.9. The molecule has 0 bridgehead atoms. The van der Waals surface area contributed by atoms with E-state index in [9.17, 15) is 4.79 Å². The average Bonchev–Trinajstić information content (AvgIpc) is 3.15. The van der Waals surface area contributed by atoms with Gasteiger partial charge in [-0.25, -0.2) is 0 Å². The van der Waals surface area contributed by atoms with Crippen LogP contribution in [0.2, 0.25) is 0 Å². The van der Waals surface area contributed by atoms with Gasteiger partial charge in [0, 0.05) is 25.0 Å². The van der Waals surface area contributed by atoms with Crippen molar-refractivity contribution in [3.8, 4) is 0 Å². The lowest BCUT2D eigenvalue weighted by Crippen LogP contribution is -2.45. The minimum absolute atomic E-state index is 0.156. The summed E-state index contributed by atoms with van der Waals surface area (Å²) in [5.41, 5.74) is 5.84. The number of carbonyl (C=O) groups excluding carboxylic acids is 1. The van der Waals surface area contributed by atoms with Crippen molar-refractivity contribution in [2.24, 2.45) is 5.73 Å². The van der Waals surface area contributed by atoms with Crippen molar-refractivity contribution in [3.05, 3.63) is 0 Å². The molecule has 0 radical (unpaired) electrons. The van der Waals surface area contributed by atoms with Crippen LogP contribution in [-0.2, 0) is 4.79 Å². The fourth-order valence-electron chi connectivity index (χ4n) is 2.28. The highest BCUT2D eigenvalue weighted by Crippen LogP contribution is 2.19. The highest BCUT2D eigenvalue weighted by atomic mass is 16.1. The molecule has 1 rings (SSSR count). The Morgan fingerprint density at radius 1 is 1.37 bits per heavy atom. The summed E-state index contributed by atoms with van der Waals surface area (Å²) in [6, 6.07) is 0.612. The van der Waals surface area contributed by atoms with Gasteiger partial charge in [0.05, 0.1) is 0 Å². The zero-order valence-corrected chi connectivity index (χ0v) is 12.7. The second-order valence-corrected chi connectivity index (χ2v) is 5.72. The van der Waals surface area contributed by atoms with Gasteiger partial charge in [0.25, 0.3) is 0 Å². The summed E-state index contributed by atoms with van der Waals surface area (Å²) < 4.78 is 0. The van der Waals surface area contributed by atoms with Crippen LogP contribution in [-0.4, -0.2) is 68.1 Å². The van der Waals surface area contributed by atoms with Crippen LogP contribution in [0.4, 0.5) is 0 Å². The van der Waals surface area contributed by atoms with E-state index >= 15 is 0 Å². The van der Waals surface area contributed by atoms with E-state index in [0.717, 1.165) is 38.9 Å². The topological polar surface area (TPSA) is 61.6 Å². The molecule has 0 aliphatic heterocycles.